The molecular formula is C30H25ClF3NO6. The molecule has 0 radical (unpaired) electrons. The van der Waals surface area contributed by atoms with Crippen LogP contribution in [0.2, 0.25) is 5.02 Å². The molecule has 3 aromatic carbocycles. The Balaban J connectivity index is 0.000000321. The zero-order valence-electron chi connectivity index (χ0n) is 21.5. The van der Waals surface area contributed by atoms with Crippen molar-refractivity contribution in [1.82, 2.24) is 5.16 Å². The van der Waals surface area contributed by atoms with E-state index in [1.807, 2.05) is 6.07 Å². The lowest BCUT2D eigenvalue weighted by atomic mass is 10.0. The van der Waals surface area contributed by atoms with Gasteiger partial charge in [-0.25, -0.2) is 4.79 Å². The van der Waals surface area contributed by atoms with Gasteiger partial charge in [0.25, 0.3) is 0 Å². The Bertz CT molecular complexity index is 1520. The fraction of sp³-hybridized carbons (Fsp3) is 0.267. The fourth-order valence-corrected chi connectivity index (χ4v) is 4.66. The molecule has 4 aromatic rings. The van der Waals surface area contributed by atoms with Gasteiger partial charge < -0.3 is 24.2 Å². The number of benzene rings is 3. The number of aromatic nitrogens is 1. The summed E-state index contributed by atoms with van der Waals surface area (Å²) in [5.41, 5.74) is 1.64. The smallest absolute Gasteiger partial charge is 0.478 e. The molecule has 11 heteroatoms. The molecule has 2 aliphatic carbocycles. The van der Waals surface area contributed by atoms with E-state index in [-0.39, 0.29) is 22.7 Å². The second kappa shape index (κ2) is 11.8. The van der Waals surface area contributed by atoms with Gasteiger partial charge in [0.1, 0.15) is 23.0 Å². The molecule has 0 aliphatic heterocycles. The minimum absolute atomic E-state index is 0.0287. The zero-order valence-corrected chi connectivity index (χ0v) is 22.2. The van der Waals surface area contributed by atoms with E-state index in [2.05, 4.69) is 9.89 Å². The number of alkyl halides is 3. The maximum atomic E-state index is 12.9. The normalized spacial score (nSPS) is 15.4. The highest BCUT2D eigenvalue weighted by molar-refractivity contribution is 6.31. The molecule has 41 heavy (non-hydrogen) atoms. The van der Waals surface area contributed by atoms with Crippen LogP contribution in [0.4, 0.5) is 13.2 Å². The second-order valence-electron chi connectivity index (χ2n) is 9.73. The van der Waals surface area contributed by atoms with Gasteiger partial charge in [-0.1, -0.05) is 53.2 Å². The Morgan fingerprint density at radius 2 is 1.63 bits per heavy atom. The van der Waals surface area contributed by atoms with Gasteiger partial charge in [-0.15, -0.1) is 13.2 Å². The third-order valence-electron chi connectivity index (χ3n) is 6.58. The molecule has 2 N–H and O–H groups in total. The minimum atomic E-state index is -4.88. The van der Waals surface area contributed by atoms with E-state index in [1.165, 1.54) is 18.2 Å². The maximum absolute atomic E-state index is 12.9. The summed E-state index contributed by atoms with van der Waals surface area (Å²) in [6.45, 7) is 0. The molecule has 7 nitrogen and oxygen atoms in total. The van der Waals surface area contributed by atoms with E-state index in [4.69, 9.17) is 26.0 Å². The predicted octanol–water partition coefficient (Wildman–Crippen LogP) is 8.10. The van der Waals surface area contributed by atoms with Crippen molar-refractivity contribution in [1.29, 1.82) is 0 Å². The highest BCUT2D eigenvalue weighted by Crippen LogP contribution is 2.48. The number of carboxylic acid groups (broad SMARTS) is 1. The van der Waals surface area contributed by atoms with Gasteiger partial charge in [0.05, 0.1) is 11.1 Å². The summed E-state index contributed by atoms with van der Waals surface area (Å²) in [5.74, 6) is -0.106. The molecule has 2 aliphatic rings. The number of hydrogen-bond acceptors (Lipinski definition) is 6. The first-order valence-corrected chi connectivity index (χ1v) is 13.3. The number of carbonyl (C=O) groups is 1. The summed E-state index contributed by atoms with van der Waals surface area (Å²) in [4.78, 5) is 10.2. The van der Waals surface area contributed by atoms with Crippen molar-refractivity contribution in [3.05, 3.63) is 100 Å². The number of ether oxygens (including phenoxy) is 2. The van der Waals surface area contributed by atoms with E-state index in [9.17, 15) is 23.1 Å². The zero-order chi connectivity index (χ0) is 29.1. The molecule has 2 fully saturated rings. The van der Waals surface area contributed by atoms with Gasteiger partial charge in [-0.05, 0) is 73.6 Å². The molecular weight excluding hydrogens is 563 g/mol. The molecule has 6 rings (SSSR count). The van der Waals surface area contributed by atoms with Crippen molar-refractivity contribution in [3.8, 4) is 22.8 Å². The lowest BCUT2D eigenvalue weighted by Gasteiger charge is -2.17. The van der Waals surface area contributed by atoms with E-state index >= 15 is 0 Å². The van der Waals surface area contributed by atoms with Crippen molar-refractivity contribution in [3.63, 3.8) is 0 Å². The van der Waals surface area contributed by atoms with Crippen LogP contribution in [0.25, 0.3) is 11.3 Å². The number of para-hydroxylation sites is 1. The molecule has 214 valence electrons. The average molecular weight is 588 g/mol. The number of hydrogen-bond donors (Lipinski definition) is 2. The molecule has 1 unspecified atom stereocenters. The largest absolute Gasteiger partial charge is 0.573 e. The number of aliphatic hydroxyl groups is 1. The number of nitrogens with zero attached hydrogens (tertiary/aromatic N) is 1. The number of aromatic carboxylic acids is 1. The van der Waals surface area contributed by atoms with Crippen LogP contribution in [0.15, 0.2) is 77.3 Å². The maximum Gasteiger partial charge on any atom is 0.573 e. The van der Waals surface area contributed by atoms with Crippen LogP contribution < -0.4 is 9.47 Å². The molecule has 1 aromatic heterocycles. The highest BCUT2D eigenvalue weighted by atomic mass is 35.5. The first-order valence-electron chi connectivity index (χ1n) is 12.9. The quantitative estimate of drug-likeness (QED) is 0.201. The minimum Gasteiger partial charge on any atom is -0.478 e. The van der Waals surface area contributed by atoms with Crippen molar-refractivity contribution < 1.29 is 42.2 Å². The molecule has 0 spiro atoms. The SMILES string of the molecule is O=C(O)c1ccccc1.OC(Oc1ccc(C2CC2)c(Cl)c1)c1c(-c2ccccc2OC(F)(F)F)noc1C1CC1. The van der Waals surface area contributed by atoms with Gasteiger partial charge in [0.15, 0.2) is 0 Å². The molecule has 1 atom stereocenters. The molecule has 2 saturated carbocycles. The van der Waals surface area contributed by atoms with Gasteiger partial charge >= 0.3 is 12.3 Å². The standard InChI is InChI=1S/C23H19ClF3NO4.C7H6O2/c24-17-11-14(9-10-15(17)12-5-6-12)30-22(29)19-20(28-32-21(19)13-7-8-13)16-3-1-2-4-18(16)31-23(25,26)27;8-7(9)6-4-2-1-3-5-6/h1-4,9-13,22,29H,5-8H2;1-5H,(H,8,9). The molecule has 1 heterocycles. The number of halogens is 4. The summed E-state index contributed by atoms with van der Waals surface area (Å²) in [5, 5.41) is 23.8. The first-order chi connectivity index (χ1) is 19.6. The van der Waals surface area contributed by atoms with Crippen LogP contribution in [-0.2, 0) is 0 Å². The van der Waals surface area contributed by atoms with Crippen LogP contribution >= 0.6 is 11.6 Å². The summed E-state index contributed by atoms with van der Waals surface area (Å²) < 4.78 is 54.1. The van der Waals surface area contributed by atoms with Crippen molar-refractivity contribution in [2.75, 3.05) is 0 Å². The second-order valence-corrected chi connectivity index (χ2v) is 10.1. The lowest BCUT2D eigenvalue weighted by Crippen LogP contribution is -2.18. The predicted molar refractivity (Wildman–Crippen MR) is 143 cm³/mol. The van der Waals surface area contributed by atoms with E-state index in [0.717, 1.165) is 31.2 Å². The van der Waals surface area contributed by atoms with Crippen LogP contribution in [0, 0.1) is 0 Å². The Morgan fingerprint density at radius 1 is 0.976 bits per heavy atom. The van der Waals surface area contributed by atoms with Crippen molar-refractivity contribution >= 4 is 17.6 Å². The lowest BCUT2D eigenvalue weighted by molar-refractivity contribution is -0.274. The van der Waals surface area contributed by atoms with Gasteiger partial charge in [0, 0.05) is 16.5 Å². The Hall–Kier alpha value is -4.02. The van der Waals surface area contributed by atoms with E-state index in [0.29, 0.717) is 28.0 Å². The topological polar surface area (TPSA) is 102 Å². The van der Waals surface area contributed by atoms with Crippen molar-refractivity contribution in [2.45, 2.75) is 50.2 Å². The fourth-order valence-electron chi connectivity index (χ4n) is 4.33. The van der Waals surface area contributed by atoms with Crippen LogP contribution in [0.5, 0.6) is 11.5 Å². The number of carboxylic acids is 1. The third-order valence-corrected chi connectivity index (χ3v) is 6.90. The van der Waals surface area contributed by atoms with Gasteiger partial charge in [0.2, 0.25) is 6.29 Å². The van der Waals surface area contributed by atoms with Crippen molar-refractivity contribution in [2.24, 2.45) is 0 Å². The Kier molecular flexibility index (Phi) is 8.23. The van der Waals surface area contributed by atoms with Crippen LogP contribution in [0.1, 0.15) is 71.1 Å². The summed E-state index contributed by atoms with van der Waals surface area (Å²) in [7, 11) is 0. The molecule has 0 amide bonds. The van der Waals surface area contributed by atoms with E-state index in [1.54, 1.807) is 48.5 Å². The van der Waals surface area contributed by atoms with Crippen LogP contribution in [0.3, 0.4) is 0 Å². The van der Waals surface area contributed by atoms with Crippen LogP contribution in [-0.4, -0.2) is 27.7 Å². The third kappa shape index (κ3) is 7.20. The molecule has 0 saturated heterocycles. The van der Waals surface area contributed by atoms with E-state index < -0.39 is 24.4 Å². The Labute approximate surface area is 238 Å². The Morgan fingerprint density at radius 3 is 2.22 bits per heavy atom. The summed E-state index contributed by atoms with van der Waals surface area (Å²) in [6.07, 6.45) is -2.55. The summed E-state index contributed by atoms with van der Waals surface area (Å²) in [6, 6.07) is 19.1. The number of rotatable bonds is 8. The first kappa shape index (κ1) is 28.5. The average Bonchev–Trinajstić information content (AvgIpc) is 3.87. The highest BCUT2D eigenvalue weighted by Gasteiger charge is 2.38. The monoisotopic (exact) mass is 587 g/mol. The van der Waals surface area contributed by atoms with Gasteiger partial charge in [-0.3, -0.25) is 0 Å². The van der Waals surface area contributed by atoms with Gasteiger partial charge in [-0.2, -0.15) is 0 Å². The molecule has 0 bridgehead atoms. The number of aliphatic hydroxyl groups excluding tert-OH is 1. The summed E-state index contributed by atoms with van der Waals surface area (Å²) >= 11 is 6.36.